The van der Waals surface area contributed by atoms with Gasteiger partial charge >= 0.3 is 0 Å². The minimum absolute atomic E-state index is 0.0834. The number of likely N-dealkylation sites (tertiary alicyclic amines) is 1. The third-order valence-corrected chi connectivity index (χ3v) is 4.82. The van der Waals surface area contributed by atoms with Crippen LogP contribution >= 0.6 is 0 Å². The Morgan fingerprint density at radius 1 is 1.36 bits per heavy atom. The number of hydrogen-bond acceptors (Lipinski definition) is 5. The van der Waals surface area contributed by atoms with Gasteiger partial charge in [-0.25, -0.2) is 0 Å². The number of rotatable bonds is 5. The molecule has 6 nitrogen and oxygen atoms in total. The van der Waals surface area contributed by atoms with E-state index in [-0.39, 0.29) is 17.7 Å². The SMILES string of the molecule is CC[C@@H](C(=O)N1CCC[C@H](c2nc(N(C)C)no2)C1)c1ccccc1. The number of carbonyl (C=O) groups is 1. The number of nitrogens with zero attached hydrogens (tertiary/aromatic N) is 4. The van der Waals surface area contributed by atoms with E-state index in [0.717, 1.165) is 31.4 Å². The van der Waals surface area contributed by atoms with E-state index in [1.165, 1.54) is 0 Å². The predicted octanol–water partition coefficient (Wildman–Crippen LogP) is 3.04. The third-order valence-electron chi connectivity index (χ3n) is 4.82. The van der Waals surface area contributed by atoms with Crippen molar-refractivity contribution in [2.24, 2.45) is 0 Å². The van der Waals surface area contributed by atoms with Gasteiger partial charge in [-0.3, -0.25) is 4.79 Å². The van der Waals surface area contributed by atoms with E-state index in [1.54, 1.807) is 0 Å². The van der Waals surface area contributed by atoms with Gasteiger partial charge in [0, 0.05) is 27.2 Å². The van der Waals surface area contributed by atoms with E-state index in [0.29, 0.717) is 18.4 Å². The summed E-state index contributed by atoms with van der Waals surface area (Å²) in [5.41, 5.74) is 1.09. The summed E-state index contributed by atoms with van der Waals surface area (Å²) in [4.78, 5) is 21.3. The van der Waals surface area contributed by atoms with E-state index in [4.69, 9.17) is 4.52 Å². The fourth-order valence-corrected chi connectivity index (χ4v) is 3.41. The topological polar surface area (TPSA) is 62.5 Å². The molecule has 1 fully saturated rings. The number of anilines is 1. The van der Waals surface area contributed by atoms with Crippen LogP contribution in [0.5, 0.6) is 0 Å². The molecule has 1 aromatic carbocycles. The van der Waals surface area contributed by atoms with Gasteiger partial charge < -0.3 is 14.3 Å². The first-order valence-electron chi connectivity index (χ1n) is 8.94. The number of aromatic nitrogens is 2. The maximum atomic E-state index is 13.1. The molecule has 2 atom stereocenters. The lowest BCUT2D eigenvalue weighted by Crippen LogP contribution is -2.41. The number of hydrogen-bond donors (Lipinski definition) is 0. The Morgan fingerprint density at radius 2 is 2.12 bits per heavy atom. The van der Waals surface area contributed by atoms with Crippen LogP contribution in [-0.4, -0.2) is 48.1 Å². The summed E-state index contributed by atoms with van der Waals surface area (Å²) >= 11 is 0. The maximum Gasteiger partial charge on any atom is 0.265 e. The van der Waals surface area contributed by atoms with Crippen molar-refractivity contribution in [1.29, 1.82) is 0 Å². The Balaban J connectivity index is 1.72. The zero-order chi connectivity index (χ0) is 17.8. The monoisotopic (exact) mass is 342 g/mol. The molecular weight excluding hydrogens is 316 g/mol. The van der Waals surface area contributed by atoms with Crippen molar-refractivity contribution in [2.45, 2.75) is 38.0 Å². The molecule has 0 saturated carbocycles. The number of benzene rings is 1. The molecule has 1 amide bonds. The van der Waals surface area contributed by atoms with Crippen LogP contribution < -0.4 is 4.90 Å². The molecule has 0 spiro atoms. The average molecular weight is 342 g/mol. The van der Waals surface area contributed by atoms with Crippen LogP contribution in [0.4, 0.5) is 5.95 Å². The van der Waals surface area contributed by atoms with Crippen LogP contribution in [0.25, 0.3) is 0 Å². The molecule has 2 heterocycles. The zero-order valence-corrected chi connectivity index (χ0v) is 15.2. The molecular formula is C19H26N4O2. The smallest absolute Gasteiger partial charge is 0.265 e. The van der Waals surface area contributed by atoms with Gasteiger partial charge in [-0.15, -0.1) is 0 Å². The first kappa shape index (κ1) is 17.5. The van der Waals surface area contributed by atoms with Crippen molar-refractivity contribution < 1.29 is 9.32 Å². The molecule has 0 bridgehead atoms. The molecule has 1 saturated heterocycles. The molecule has 25 heavy (non-hydrogen) atoms. The Labute approximate surface area is 148 Å². The Morgan fingerprint density at radius 3 is 2.76 bits per heavy atom. The second-order valence-electron chi connectivity index (χ2n) is 6.82. The van der Waals surface area contributed by atoms with E-state index >= 15 is 0 Å². The summed E-state index contributed by atoms with van der Waals surface area (Å²) in [7, 11) is 3.77. The van der Waals surface area contributed by atoms with Gasteiger partial charge in [0.25, 0.3) is 5.95 Å². The van der Waals surface area contributed by atoms with Gasteiger partial charge in [0.05, 0.1) is 11.8 Å². The van der Waals surface area contributed by atoms with Crippen LogP contribution in [0, 0.1) is 0 Å². The highest BCUT2D eigenvalue weighted by molar-refractivity contribution is 5.83. The second-order valence-corrected chi connectivity index (χ2v) is 6.82. The molecule has 1 aliphatic heterocycles. The first-order valence-corrected chi connectivity index (χ1v) is 8.94. The number of amides is 1. The summed E-state index contributed by atoms with van der Waals surface area (Å²) in [5.74, 6) is 1.45. The van der Waals surface area contributed by atoms with E-state index in [9.17, 15) is 4.79 Å². The van der Waals surface area contributed by atoms with Gasteiger partial charge in [0.15, 0.2) is 0 Å². The number of piperidine rings is 1. The molecule has 0 radical (unpaired) electrons. The van der Waals surface area contributed by atoms with Gasteiger partial charge in [-0.2, -0.15) is 4.98 Å². The molecule has 6 heteroatoms. The predicted molar refractivity (Wildman–Crippen MR) is 96.7 cm³/mol. The fraction of sp³-hybridized carbons (Fsp3) is 0.526. The van der Waals surface area contributed by atoms with Crippen LogP contribution in [0.1, 0.15) is 49.5 Å². The van der Waals surface area contributed by atoms with Crippen molar-refractivity contribution in [3.8, 4) is 0 Å². The summed E-state index contributed by atoms with van der Waals surface area (Å²) in [5, 5.41) is 4.00. The summed E-state index contributed by atoms with van der Waals surface area (Å²) in [6.07, 6.45) is 2.73. The lowest BCUT2D eigenvalue weighted by atomic mass is 9.92. The Kier molecular flexibility index (Phi) is 5.36. The first-order chi connectivity index (χ1) is 12.1. The normalized spacial score (nSPS) is 18.8. The van der Waals surface area contributed by atoms with Crippen molar-refractivity contribution in [1.82, 2.24) is 15.0 Å². The summed E-state index contributed by atoms with van der Waals surface area (Å²) < 4.78 is 5.42. The molecule has 134 valence electrons. The summed E-state index contributed by atoms with van der Waals surface area (Å²) in [6.45, 7) is 3.52. The second kappa shape index (κ2) is 7.68. The Hall–Kier alpha value is -2.37. The minimum Gasteiger partial charge on any atom is -0.344 e. The fourth-order valence-electron chi connectivity index (χ4n) is 3.41. The van der Waals surface area contributed by atoms with Crippen LogP contribution in [0.2, 0.25) is 0 Å². The Bertz CT molecular complexity index is 698. The van der Waals surface area contributed by atoms with E-state index < -0.39 is 0 Å². The maximum absolute atomic E-state index is 13.1. The molecule has 3 rings (SSSR count). The van der Waals surface area contributed by atoms with Gasteiger partial charge in [-0.05, 0) is 30.0 Å². The number of carbonyl (C=O) groups excluding carboxylic acids is 1. The van der Waals surface area contributed by atoms with Crippen LogP contribution in [-0.2, 0) is 4.79 Å². The highest BCUT2D eigenvalue weighted by atomic mass is 16.5. The van der Waals surface area contributed by atoms with Crippen molar-refractivity contribution in [3.63, 3.8) is 0 Å². The van der Waals surface area contributed by atoms with Gasteiger partial charge in [0.1, 0.15) is 0 Å². The molecule has 2 aromatic rings. The minimum atomic E-state index is -0.0834. The lowest BCUT2D eigenvalue weighted by Gasteiger charge is -2.33. The average Bonchev–Trinajstić information content (AvgIpc) is 3.14. The quantitative estimate of drug-likeness (QED) is 0.836. The third kappa shape index (κ3) is 3.83. The van der Waals surface area contributed by atoms with Crippen molar-refractivity contribution in [3.05, 3.63) is 41.8 Å². The van der Waals surface area contributed by atoms with E-state index in [1.807, 2.05) is 54.2 Å². The van der Waals surface area contributed by atoms with Crippen molar-refractivity contribution in [2.75, 3.05) is 32.1 Å². The molecule has 0 N–H and O–H groups in total. The van der Waals surface area contributed by atoms with Gasteiger partial charge in [-0.1, -0.05) is 37.3 Å². The van der Waals surface area contributed by atoms with Gasteiger partial charge in [0.2, 0.25) is 11.8 Å². The van der Waals surface area contributed by atoms with Crippen molar-refractivity contribution >= 4 is 11.9 Å². The molecule has 0 unspecified atom stereocenters. The highest BCUT2D eigenvalue weighted by Crippen LogP contribution is 2.30. The zero-order valence-electron chi connectivity index (χ0n) is 15.2. The molecule has 1 aromatic heterocycles. The van der Waals surface area contributed by atoms with Crippen LogP contribution in [0.3, 0.4) is 0 Å². The molecule has 1 aliphatic rings. The molecule has 0 aliphatic carbocycles. The lowest BCUT2D eigenvalue weighted by molar-refractivity contribution is -0.134. The largest absolute Gasteiger partial charge is 0.344 e. The summed E-state index contributed by atoms with van der Waals surface area (Å²) in [6, 6.07) is 10.0. The van der Waals surface area contributed by atoms with E-state index in [2.05, 4.69) is 17.1 Å². The standard InChI is InChI=1S/C19H26N4O2/c1-4-16(14-9-6-5-7-10-14)18(24)23-12-8-11-15(13-23)17-20-19(21-25-17)22(2)3/h5-7,9-10,15-16H,4,8,11-13H2,1-3H3/t15-,16+/m0/s1. The van der Waals surface area contributed by atoms with Crippen LogP contribution in [0.15, 0.2) is 34.9 Å². The highest BCUT2D eigenvalue weighted by Gasteiger charge is 2.32.